The highest BCUT2D eigenvalue weighted by Crippen LogP contribution is 2.21. The van der Waals surface area contributed by atoms with Gasteiger partial charge in [-0.15, -0.1) is 0 Å². The van der Waals surface area contributed by atoms with E-state index < -0.39 is 6.04 Å². The first kappa shape index (κ1) is 25.5. The predicted molar refractivity (Wildman–Crippen MR) is 144 cm³/mol. The number of benzene rings is 3. The molecule has 1 N–H and O–H groups in total. The molecule has 0 saturated carbocycles. The molecule has 3 aromatic rings. The number of nitrogens with one attached hydrogen (secondary N) is 1. The maximum absolute atomic E-state index is 13.5. The lowest BCUT2D eigenvalue weighted by atomic mass is 10.1. The van der Waals surface area contributed by atoms with Crippen molar-refractivity contribution in [3.8, 4) is 0 Å². The second-order valence-electron chi connectivity index (χ2n) is 9.23. The molecule has 3 aromatic carbocycles. The van der Waals surface area contributed by atoms with Crippen LogP contribution in [-0.4, -0.2) is 49.1 Å². The van der Waals surface area contributed by atoms with Crippen LogP contribution in [0.2, 0.25) is 0 Å². The summed E-state index contributed by atoms with van der Waals surface area (Å²) in [6, 6.07) is 25.1. The standard InChI is InChI=1S/C30H35N3O3/c1-3-28(30(35)31-26-13-15-27(16-14-26)32-17-19-36-20-18-32)33(22-25-11-9-23(2)10-12-25)29(34)21-24-7-5-4-6-8-24/h4-16,28H,3,17-22H2,1-2H3,(H,31,35). The first-order valence-electron chi connectivity index (χ1n) is 12.7. The number of carbonyl (C=O) groups is 2. The van der Waals surface area contributed by atoms with Crippen LogP contribution in [0, 0.1) is 6.92 Å². The Kier molecular flexibility index (Phi) is 8.74. The number of amides is 2. The van der Waals surface area contributed by atoms with E-state index in [2.05, 4.69) is 10.2 Å². The van der Waals surface area contributed by atoms with Gasteiger partial charge in [0.2, 0.25) is 11.8 Å². The SMILES string of the molecule is CCC(C(=O)Nc1ccc(N2CCOCC2)cc1)N(Cc1ccc(C)cc1)C(=O)Cc1ccccc1. The fourth-order valence-electron chi connectivity index (χ4n) is 4.48. The first-order valence-corrected chi connectivity index (χ1v) is 12.7. The molecule has 1 aliphatic rings. The van der Waals surface area contributed by atoms with E-state index in [0.717, 1.165) is 54.4 Å². The van der Waals surface area contributed by atoms with E-state index in [1.54, 1.807) is 4.90 Å². The van der Waals surface area contributed by atoms with Gasteiger partial charge in [-0.3, -0.25) is 9.59 Å². The molecule has 0 spiro atoms. The van der Waals surface area contributed by atoms with Crippen molar-refractivity contribution in [1.29, 1.82) is 0 Å². The fourth-order valence-corrected chi connectivity index (χ4v) is 4.48. The fraction of sp³-hybridized carbons (Fsp3) is 0.333. The Morgan fingerprint density at radius 1 is 0.917 bits per heavy atom. The molecule has 0 radical (unpaired) electrons. The average molecular weight is 486 g/mol. The van der Waals surface area contributed by atoms with Crippen molar-refractivity contribution in [3.05, 3.63) is 95.6 Å². The molecule has 1 fully saturated rings. The van der Waals surface area contributed by atoms with Crippen molar-refractivity contribution in [3.63, 3.8) is 0 Å². The van der Waals surface area contributed by atoms with Gasteiger partial charge in [-0.1, -0.05) is 67.1 Å². The monoisotopic (exact) mass is 485 g/mol. The zero-order valence-electron chi connectivity index (χ0n) is 21.2. The molecule has 6 heteroatoms. The molecule has 1 heterocycles. The summed E-state index contributed by atoms with van der Waals surface area (Å²) in [4.78, 5) is 30.9. The summed E-state index contributed by atoms with van der Waals surface area (Å²) in [5.74, 6) is -0.239. The molecule has 1 unspecified atom stereocenters. The first-order chi connectivity index (χ1) is 17.5. The van der Waals surface area contributed by atoms with Crippen LogP contribution in [0.25, 0.3) is 0 Å². The van der Waals surface area contributed by atoms with Gasteiger partial charge >= 0.3 is 0 Å². The molecule has 0 bridgehead atoms. The van der Waals surface area contributed by atoms with Gasteiger partial charge in [-0.05, 0) is 48.7 Å². The van der Waals surface area contributed by atoms with E-state index in [1.165, 1.54) is 0 Å². The van der Waals surface area contributed by atoms with Crippen LogP contribution in [0.15, 0.2) is 78.9 Å². The van der Waals surface area contributed by atoms with Crippen LogP contribution in [0.3, 0.4) is 0 Å². The number of morpholine rings is 1. The number of rotatable bonds is 9. The van der Waals surface area contributed by atoms with Gasteiger partial charge in [0.25, 0.3) is 0 Å². The average Bonchev–Trinajstić information content (AvgIpc) is 2.91. The predicted octanol–water partition coefficient (Wildman–Crippen LogP) is 4.82. The van der Waals surface area contributed by atoms with E-state index in [4.69, 9.17) is 4.74 Å². The number of nitrogens with zero attached hydrogens (tertiary/aromatic N) is 2. The largest absolute Gasteiger partial charge is 0.378 e. The van der Waals surface area contributed by atoms with Crippen molar-refractivity contribution in [2.45, 2.75) is 39.3 Å². The Bertz CT molecular complexity index is 1120. The number of hydrogen-bond donors (Lipinski definition) is 1. The zero-order valence-corrected chi connectivity index (χ0v) is 21.2. The molecule has 1 saturated heterocycles. The molecule has 1 aliphatic heterocycles. The van der Waals surface area contributed by atoms with Gasteiger partial charge in [0, 0.05) is 31.0 Å². The van der Waals surface area contributed by atoms with Crippen molar-refractivity contribution in [1.82, 2.24) is 4.90 Å². The van der Waals surface area contributed by atoms with Crippen molar-refractivity contribution < 1.29 is 14.3 Å². The quantitative estimate of drug-likeness (QED) is 0.472. The van der Waals surface area contributed by atoms with Crippen LogP contribution in [0.5, 0.6) is 0 Å². The van der Waals surface area contributed by atoms with Crippen LogP contribution in [0.1, 0.15) is 30.0 Å². The normalized spacial score (nSPS) is 14.2. The number of carbonyl (C=O) groups excluding carboxylic acids is 2. The van der Waals surface area contributed by atoms with Gasteiger partial charge in [-0.25, -0.2) is 0 Å². The summed E-state index contributed by atoms with van der Waals surface area (Å²) in [5, 5.41) is 3.04. The van der Waals surface area contributed by atoms with E-state index in [-0.39, 0.29) is 18.2 Å². The molecular formula is C30H35N3O3. The minimum atomic E-state index is -0.582. The van der Waals surface area contributed by atoms with E-state index >= 15 is 0 Å². The van der Waals surface area contributed by atoms with Gasteiger partial charge in [0.15, 0.2) is 0 Å². The maximum Gasteiger partial charge on any atom is 0.247 e. The minimum Gasteiger partial charge on any atom is -0.378 e. The Labute approximate surface area is 213 Å². The zero-order chi connectivity index (χ0) is 25.3. The number of anilines is 2. The lowest BCUT2D eigenvalue weighted by molar-refractivity contribution is -0.139. The van der Waals surface area contributed by atoms with Gasteiger partial charge in [0.05, 0.1) is 19.6 Å². The minimum absolute atomic E-state index is 0.0635. The van der Waals surface area contributed by atoms with Crippen LogP contribution < -0.4 is 10.2 Å². The smallest absolute Gasteiger partial charge is 0.247 e. The third-order valence-electron chi connectivity index (χ3n) is 6.57. The van der Waals surface area contributed by atoms with Crippen molar-refractivity contribution >= 4 is 23.2 Å². The van der Waals surface area contributed by atoms with Crippen LogP contribution in [0.4, 0.5) is 11.4 Å². The molecule has 1 atom stereocenters. The van der Waals surface area contributed by atoms with E-state index in [9.17, 15) is 9.59 Å². The maximum atomic E-state index is 13.5. The molecular weight excluding hydrogens is 450 g/mol. The highest BCUT2D eigenvalue weighted by Gasteiger charge is 2.29. The van der Waals surface area contributed by atoms with Crippen molar-refractivity contribution in [2.75, 3.05) is 36.5 Å². The number of aryl methyl sites for hydroxylation is 1. The summed E-state index contributed by atoms with van der Waals surface area (Å²) in [7, 11) is 0. The lowest BCUT2D eigenvalue weighted by Crippen LogP contribution is -2.47. The molecule has 0 aromatic heterocycles. The lowest BCUT2D eigenvalue weighted by Gasteiger charge is -2.31. The highest BCUT2D eigenvalue weighted by atomic mass is 16.5. The summed E-state index contributed by atoms with van der Waals surface area (Å²) in [5.41, 5.74) is 4.93. The highest BCUT2D eigenvalue weighted by molar-refractivity contribution is 5.97. The van der Waals surface area contributed by atoms with Gasteiger partial charge < -0.3 is 19.9 Å². The summed E-state index contributed by atoms with van der Waals surface area (Å²) in [6.07, 6.45) is 0.773. The summed E-state index contributed by atoms with van der Waals surface area (Å²) >= 11 is 0. The third-order valence-corrected chi connectivity index (χ3v) is 6.57. The molecule has 6 nitrogen and oxygen atoms in total. The van der Waals surface area contributed by atoms with E-state index in [0.29, 0.717) is 13.0 Å². The second-order valence-corrected chi connectivity index (χ2v) is 9.23. The second kappa shape index (κ2) is 12.4. The molecule has 4 rings (SSSR count). The summed E-state index contributed by atoms with van der Waals surface area (Å²) in [6.45, 7) is 7.55. The molecule has 36 heavy (non-hydrogen) atoms. The van der Waals surface area contributed by atoms with Gasteiger partial charge in [-0.2, -0.15) is 0 Å². The van der Waals surface area contributed by atoms with Crippen molar-refractivity contribution in [2.24, 2.45) is 0 Å². The topological polar surface area (TPSA) is 61.9 Å². The Balaban J connectivity index is 1.50. The Morgan fingerprint density at radius 2 is 1.58 bits per heavy atom. The molecule has 0 aliphatic carbocycles. The summed E-state index contributed by atoms with van der Waals surface area (Å²) < 4.78 is 5.43. The van der Waals surface area contributed by atoms with Crippen LogP contribution >= 0.6 is 0 Å². The van der Waals surface area contributed by atoms with Crippen LogP contribution in [-0.2, 0) is 27.3 Å². The van der Waals surface area contributed by atoms with E-state index in [1.807, 2.05) is 92.7 Å². The Hall–Kier alpha value is -3.64. The van der Waals surface area contributed by atoms with Gasteiger partial charge in [0.1, 0.15) is 6.04 Å². The number of ether oxygens (including phenoxy) is 1. The Morgan fingerprint density at radius 3 is 2.22 bits per heavy atom. The number of hydrogen-bond acceptors (Lipinski definition) is 4. The molecule has 188 valence electrons. The molecule has 2 amide bonds. The third kappa shape index (κ3) is 6.73.